The van der Waals surface area contributed by atoms with Crippen LogP contribution in [0, 0.1) is 11.3 Å². The van der Waals surface area contributed by atoms with E-state index in [2.05, 4.69) is 42.3 Å². The van der Waals surface area contributed by atoms with Crippen molar-refractivity contribution in [3.05, 3.63) is 48.0 Å². The predicted molar refractivity (Wildman–Crippen MR) is 123 cm³/mol. The van der Waals surface area contributed by atoms with Crippen molar-refractivity contribution in [2.75, 3.05) is 33.4 Å². The van der Waals surface area contributed by atoms with Gasteiger partial charge in [0.05, 0.1) is 19.8 Å². The smallest absolute Gasteiger partial charge is 0.407 e. The third kappa shape index (κ3) is 4.04. The minimum atomic E-state index is -0.325. The quantitative estimate of drug-likeness (QED) is 0.757. The van der Waals surface area contributed by atoms with Gasteiger partial charge in [0, 0.05) is 17.5 Å². The maximum absolute atomic E-state index is 12.9. The van der Waals surface area contributed by atoms with E-state index in [1.165, 1.54) is 0 Å². The van der Waals surface area contributed by atoms with Crippen LogP contribution in [0.4, 0.5) is 4.79 Å². The lowest BCUT2D eigenvalue weighted by Gasteiger charge is -2.44. The molecule has 0 aliphatic carbocycles. The molecule has 2 aromatic rings. The lowest BCUT2D eigenvalue weighted by Crippen LogP contribution is -2.53. The molecule has 1 N–H and O–H groups in total. The van der Waals surface area contributed by atoms with Crippen LogP contribution in [0.3, 0.4) is 0 Å². The van der Waals surface area contributed by atoms with E-state index >= 15 is 0 Å². The molecule has 2 atom stereocenters. The first-order valence-corrected chi connectivity index (χ1v) is 11.5. The number of benzene rings is 2. The van der Waals surface area contributed by atoms with Gasteiger partial charge in [-0.2, -0.15) is 0 Å². The highest BCUT2D eigenvalue weighted by molar-refractivity contribution is 5.70. The maximum Gasteiger partial charge on any atom is 0.407 e. The van der Waals surface area contributed by atoms with Gasteiger partial charge in [-0.25, -0.2) is 4.79 Å². The van der Waals surface area contributed by atoms with Gasteiger partial charge in [-0.15, -0.1) is 0 Å². The number of piperidine rings is 3. The number of ether oxygens (including phenoxy) is 3. The van der Waals surface area contributed by atoms with Gasteiger partial charge in [0.15, 0.2) is 0 Å². The van der Waals surface area contributed by atoms with E-state index in [0.29, 0.717) is 12.5 Å². The summed E-state index contributed by atoms with van der Waals surface area (Å²) in [6, 6.07) is 14.0. The number of methoxy groups -OCH3 is 1. The molecule has 1 amide bonds. The third-order valence-corrected chi connectivity index (χ3v) is 7.25. The summed E-state index contributed by atoms with van der Waals surface area (Å²) in [5.74, 6) is 2.13. The molecule has 32 heavy (non-hydrogen) atoms. The number of carbonyl (C=O) groups is 1. The highest BCUT2D eigenvalue weighted by atomic mass is 16.6. The Morgan fingerprint density at radius 3 is 2.47 bits per heavy atom. The normalized spacial score (nSPS) is 27.7. The molecular formula is C26H32N2O4. The number of nitrogens with zero attached hydrogens (tertiary/aromatic N) is 1. The summed E-state index contributed by atoms with van der Waals surface area (Å²) < 4.78 is 17.3. The fourth-order valence-corrected chi connectivity index (χ4v) is 5.24. The topological polar surface area (TPSA) is 60.0 Å². The molecule has 4 heterocycles. The van der Waals surface area contributed by atoms with E-state index in [1.54, 1.807) is 7.11 Å². The van der Waals surface area contributed by atoms with E-state index in [1.807, 2.05) is 24.3 Å². The molecule has 1 unspecified atom stereocenters. The molecule has 0 spiro atoms. The second kappa shape index (κ2) is 8.32. The molecule has 6 rings (SSSR count). The molecule has 0 aromatic heterocycles. The third-order valence-electron chi connectivity index (χ3n) is 7.25. The molecule has 2 aromatic carbocycles. The van der Waals surface area contributed by atoms with Gasteiger partial charge in [-0.05, 0) is 61.2 Å². The van der Waals surface area contributed by atoms with Gasteiger partial charge < -0.3 is 19.5 Å². The van der Waals surface area contributed by atoms with Gasteiger partial charge in [0.25, 0.3) is 0 Å². The number of hydrogen-bond donors (Lipinski definition) is 1. The summed E-state index contributed by atoms with van der Waals surface area (Å²) in [5.41, 5.74) is 2.90. The molecule has 3 saturated heterocycles. The van der Waals surface area contributed by atoms with E-state index in [4.69, 9.17) is 14.2 Å². The zero-order chi connectivity index (χ0) is 22.3. The van der Waals surface area contributed by atoms with Crippen LogP contribution in [-0.4, -0.2) is 50.4 Å². The summed E-state index contributed by atoms with van der Waals surface area (Å²) in [4.78, 5) is 15.3. The maximum atomic E-state index is 12.9. The molecule has 4 aliphatic heterocycles. The molecule has 2 bridgehead atoms. The lowest BCUT2D eigenvalue weighted by atomic mass is 9.78. The number of nitrogens with one attached hydrogen (secondary N) is 1. The standard InChI is InChI=1S/C26H32N2O4/c1-26(2)16-31-22-14-19(17-4-7-20(30-3)8-5-17)6-9-21(22)24(26)27-25(29)32-23-15-28-12-10-18(23)11-13-28/h4-9,14,18,23-24H,10-13,15-16H2,1-3H3,(H,27,29)/t23-,24?/m1/s1. The number of rotatable bonds is 4. The Bertz CT molecular complexity index is 980. The summed E-state index contributed by atoms with van der Waals surface area (Å²) in [6.45, 7) is 7.87. The fourth-order valence-electron chi connectivity index (χ4n) is 5.24. The van der Waals surface area contributed by atoms with Crippen LogP contribution in [0.25, 0.3) is 11.1 Å². The highest BCUT2D eigenvalue weighted by Gasteiger charge is 2.41. The van der Waals surface area contributed by atoms with Gasteiger partial charge in [0.2, 0.25) is 0 Å². The molecular weight excluding hydrogens is 404 g/mol. The predicted octanol–water partition coefficient (Wildman–Crippen LogP) is 4.64. The molecule has 6 nitrogen and oxygen atoms in total. The van der Waals surface area contributed by atoms with E-state index < -0.39 is 0 Å². The Morgan fingerprint density at radius 2 is 1.81 bits per heavy atom. The molecule has 170 valence electrons. The Labute approximate surface area is 189 Å². The number of amides is 1. The first kappa shape index (κ1) is 21.1. The first-order valence-electron chi connectivity index (χ1n) is 11.5. The number of carbonyl (C=O) groups excluding carboxylic acids is 1. The Morgan fingerprint density at radius 1 is 1.09 bits per heavy atom. The van der Waals surface area contributed by atoms with E-state index in [9.17, 15) is 4.79 Å². The van der Waals surface area contributed by atoms with Gasteiger partial charge in [0.1, 0.15) is 17.6 Å². The molecule has 4 aliphatic rings. The average Bonchev–Trinajstić information content (AvgIpc) is 2.81. The summed E-state index contributed by atoms with van der Waals surface area (Å²) in [5, 5.41) is 3.17. The second-order valence-electron chi connectivity index (χ2n) is 9.92. The second-order valence-corrected chi connectivity index (χ2v) is 9.92. The van der Waals surface area contributed by atoms with Crippen molar-refractivity contribution in [2.45, 2.75) is 38.8 Å². The van der Waals surface area contributed by atoms with Crippen LogP contribution < -0.4 is 14.8 Å². The van der Waals surface area contributed by atoms with Gasteiger partial charge in [-0.3, -0.25) is 4.90 Å². The summed E-state index contributed by atoms with van der Waals surface area (Å²) in [7, 11) is 1.66. The van der Waals surface area contributed by atoms with Gasteiger partial charge >= 0.3 is 6.09 Å². The van der Waals surface area contributed by atoms with E-state index in [0.717, 1.165) is 60.7 Å². The number of alkyl carbamates (subject to hydrolysis) is 1. The van der Waals surface area contributed by atoms with Crippen LogP contribution in [-0.2, 0) is 4.74 Å². The van der Waals surface area contributed by atoms with Crippen LogP contribution in [0.2, 0.25) is 0 Å². The van der Waals surface area contributed by atoms with Gasteiger partial charge in [-0.1, -0.05) is 38.1 Å². The molecule has 3 fully saturated rings. The molecule has 6 heteroatoms. The van der Waals surface area contributed by atoms with Crippen molar-refractivity contribution < 1.29 is 19.0 Å². The van der Waals surface area contributed by atoms with Crippen LogP contribution in [0.1, 0.15) is 38.3 Å². The number of fused-ring (bicyclic) bond motifs is 4. The monoisotopic (exact) mass is 436 g/mol. The van der Waals surface area contributed by atoms with Crippen molar-refractivity contribution in [1.29, 1.82) is 0 Å². The Kier molecular flexibility index (Phi) is 5.49. The van der Waals surface area contributed by atoms with Crippen LogP contribution >= 0.6 is 0 Å². The van der Waals surface area contributed by atoms with E-state index in [-0.39, 0.29) is 23.7 Å². The zero-order valence-electron chi connectivity index (χ0n) is 19.1. The van der Waals surface area contributed by atoms with Crippen molar-refractivity contribution in [3.8, 4) is 22.6 Å². The summed E-state index contributed by atoms with van der Waals surface area (Å²) in [6.07, 6.45) is 1.92. The fraction of sp³-hybridized carbons (Fsp3) is 0.500. The van der Waals surface area contributed by atoms with Crippen LogP contribution in [0.15, 0.2) is 42.5 Å². The van der Waals surface area contributed by atoms with Crippen molar-refractivity contribution >= 4 is 6.09 Å². The minimum Gasteiger partial charge on any atom is -0.497 e. The number of hydrogen-bond acceptors (Lipinski definition) is 5. The average molecular weight is 437 g/mol. The summed E-state index contributed by atoms with van der Waals surface area (Å²) >= 11 is 0. The molecule has 0 radical (unpaired) electrons. The zero-order valence-corrected chi connectivity index (χ0v) is 19.1. The van der Waals surface area contributed by atoms with Crippen molar-refractivity contribution in [2.24, 2.45) is 11.3 Å². The SMILES string of the molecule is COc1ccc(-c2ccc3c(c2)OCC(C)(C)C3NC(=O)O[C@@H]2CN3CCC2CC3)cc1. The van der Waals surface area contributed by atoms with Crippen molar-refractivity contribution in [3.63, 3.8) is 0 Å². The Balaban J connectivity index is 1.34. The lowest BCUT2D eigenvalue weighted by molar-refractivity contribution is -0.0361. The largest absolute Gasteiger partial charge is 0.497 e. The molecule has 0 saturated carbocycles. The van der Waals surface area contributed by atoms with Crippen LogP contribution in [0.5, 0.6) is 11.5 Å². The van der Waals surface area contributed by atoms with Crippen molar-refractivity contribution in [1.82, 2.24) is 10.2 Å². The first-order chi connectivity index (χ1) is 15.4. The highest BCUT2D eigenvalue weighted by Crippen LogP contribution is 2.44. The Hall–Kier alpha value is -2.73. The minimum absolute atomic E-state index is 0.00243.